The van der Waals surface area contributed by atoms with Crippen molar-refractivity contribution in [3.05, 3.63) is 48.6 Å². The fourth-order valence-corrected chi connectivity index (χ4v) is 1.34. The SMILES string of the molecule is [C]1=C/C=C\CCC/C=C/C/C=C/CC/1. The zero-order chi connectivity index (χ0) is 9.90. The molecule has 0 heterocycles. The number of hydrogen-bond donors (Lipinski definition) is 0. The van der Waals surface area contributed by atoms with Crippen molar-refractivity contribution in [3.63, 3.8) is 0 Å². The van der Waals surface area contributed by atoms with E-state index >= 15 is 0 Å². The van der Waals surface area contributed by atoms with Crippen LogP contribution >= 0.6 is 0 Å². The van der Waals surface area contributed by atoms with Crippen molar-refractivity contribution < 1.29 is 0 Å². The largest absolute Gasteiger partial charge is 0.0882 e. The molecule has 0 atom stereocenters. The van der Waals surface area contributed by atoms with Crippen LogP contribution in [0, 0.1) is 6.08 Å². The molecule has 0 aromatic rings. The average Bonchev–Trinajstić information content (AvgIpc) is 2.22. The Hall–Kier alpha value is -1.04. The van der Waals surface area contributed by atoms with Gasteiger partial charge in [0.2, 0.25) is 0 Å². The summed E-state index contributed by atoms with van der Waals surface area (Å²) in [5.74, 6) is 0. The van der Waals surface area contributed by atoms with Gasteiger partial charge in [0.1, 0.15) is 0 Å². The van der Waals surface area contributed by atoms with Gasteiger partial charge in [-0.15, -0.1) is 0 Å². The highest BCUT2D eigenvalue weighted by Gasteiger charge is 1.81. The fourth-order valence-electron chi connectivity index (χ4n) is 1.34. The molecule has 0 aliphatic heterocycles. The predicted molar refractivity (Wildman–Crippen MR) is 62.9 cm³/mol. The van der Waals surface area contributed by atoms with Crippen molar-refractivity contribution in [1.82, 2.24) is 0 Å². The first-order chi connectivity index (χ1) is 7.00. The zero-order valence-corrected chi connectivity index (χ0v) is 8.78. The lowest BCUT2D eigenvalue weighted by Crippen LogP contribution is -1.71. The smallest absolute Gasteiger partial charge is 0.0169 e. The Labute approximate surface area is 87.7 Å². The van der Waals surface area contributed by atoms with E-state index in [0.717, 1.165) is 19.3 Å². The lowest BCUT2D eigenvalue weighted by molar-refractivity contribution is 0.865. The van der Waals surface area contributed by atoms with Gasteiger partial charge in [-0.05, 0) is 44.6 Å². The first-order valence-corrected chi connectivity index (χ1v) is 5.52. The van der Waals surface area contributed by atoms with Crippen LogP contribution in [0.4, 0.5) is 0 Å². The summed E-state index contributed by atoms with van der Waals surface area (Å²) in [7, 11) is 0. The van der Waals surface area contributed by atoms with Crippen LogP contribution in [0.1, 0.15) is 38.5 Å². The van der Waals surface area contributed by atoms with Gasteiger partial charge in [0.05, 0.1) is 0 Å². The topological polar surface area (TPSA) is 0 Å². The highest BCUT2D eigenvalue weighted by atomic mass is 13.9. The molecule has 1 radical (unpaired) electrons. The normalized spacial score (nSPS) is 28.6. The molecule has 0 amide bonds. The maximum atomic E-state index is 3.26. The van der Waals surface area contributed by atoms with Gasteiger partial charge < -0.3 is 0 Å². The fraction of sp³-hybridized carbons (Fsp3) is 0.429. The monoisotopic (exact) mass is 187 g/mol. The molecule has 1 aliphatic carbocycles. The minimum atomic E-state index is 1.03. The molecule has 0 fully saturated rings. The quantitative estimate of drug-likeness (QED) is 0.494. The van der Waals surface area contributed by atoms with Crippen molar-refractivity contribution in [2.75, 3.05) is 0 Å². The Kier molecular flexibility index (Phi) is 6.74. The molecule has 0 nitrogen and oxygen atoms in total. The third-order valence-electron chi connectivity index (χ3n) is 2.15. The molecule has 0 aromatic heterocycles. The number of hydrogen-bond acceptors (Lipinski definition) is 0. The molecule has 1 aliphatic rings. The van der Waals surface area contributed by atoms with Crippen molar-refractivity contribution in [2.45, 2.75) is 38.5 Å². The van der Waals surface area contributed by atoms with E-state index in [9.17, 15) is 0 Å². The molecule has 0 saturated carbocycles. The first-order valence-electron chi connectivity index (χ1n) is 5.52. The van der Waals surface area contributed by atoms with Crippen LogP contribution in [0.3, 0.4) is 0 Å². The van der Waals surface area contributed by atoms with Crippen LogP contribution in [-0.2, 0) is 0 Å². The molecule has 0 heteroatoms. The minimum absolute atomic E-state index is 1.03. The predicted octanol–water partition coefficient (Wildman–Crippen LogP) is 4.37. The highest BCUT2D eigenvalue weighted by molar-refractivity contribution is 5.00. The van der Waals surface area contributed by atoms with E-state index in [4.69, 9.17) is 0 Å². The molecular weight excluding hydrogens is 168 g/mol. The Morgan fingerprint density at radius 3 is 2.50 bits per heavy atom. The van der Waals surface area contributed by atoms with Gasteiger partial charge in [0.15, 0.2) is 0 Å². The Bertz CT molecular complexity index is 228. The standard InChI is InChI=1S/C14H19/c1-2-4-6-8-10-12-14-13-11-9-7-5-3-1/h1-3,10-13H,4,6-9,14H2/b2-1-,5-3?,12-10+,13-11+. The summed E-state index contributed by atoms with van der Waals surface area (Å²) >= 11 is 0. The lowest BCUT2D eigenvalue weighted by Gasteiger charge is -1.91. The van der Waals surface area contributed by atoms with Crippen molar-refractivity contribution >= 4 is 0 Å². The summed E-state index contributed by atoms with van der Waals surface area (Å²) < 4.78 is 0. The molecule has 75 valence electrons. The molecule has 1 rings (SSSR count). The second-order valence-corrected chi connectivity index (χ2v) is 3.45. The van der Waals surface area contributed by atoms with Crippen LogP contribution in [0.2, 0.25) is 0 Å². The molecule has 0 saturated heterocycles. The maximum Gasteiger partial charge on any atom is -0.0169 e. The van der Waals surface area contributed by atoms with E-state index in [-0.39, 0.29) is 0 Å². The zero-order valence-electron chi connectivity index (χ0n) is 8.78. The van der Waals surface area contributed by atoms with E-state index in [0.29, 0.717) is 0 Å². The average molecular weight is 187 g/mol. The summed E-state index contributed by atoms with van der Waals surface area (Å²) in [5.41, 5.74) is 0. The second kappa shape index (κ2) is 8.55. The first kappa shape index (κ1) is 11.0. The van der Waals surface area contributed by atoms with Crippen LogP contribution in [0.5, 0.6) is 0 Å². The lowest BCUT2D eigenvalue weighted by atomic mass is 10.2. The molecule has 0 aromatic carbocycles. The van der Waals surface area contributed by atoms with Crippen LogP contribution < -0.4 is 0 Å². The van der Waals surface area contributed by atoms with Crippen LogP contribution in [0.25, 0.3) is 0 Å². The van der Waals surface area contributed by atoms with Gasteiger partial charge in [-0.1, -0.05) is 42.5 Å². The molecule has 0 unspecified atom stereocenters. The third-order valence-corrected chi connectivity index (χ3v) is 2.15. The highest BCUT2D eigenvalue weighted by Crippen LogP contribution is 2.01. The van der Waals surface area contributed by atoms with E-state index < -0.39 is 0 Å². The van der Waals surface area contributed by atoms with E-state index in [2.05, 4.69) is 42.5 Å². The summed E-state index contributed by atoms with van der Waals surface area (Å²) in [6, 6.07) is 0. The molecule has 0 spiro atoms. The third kappa shape index (κ3) is 6.47. The van der Waals surface area contributed by atoms with E-state index in [1.807, 2.05) is 6.08 Å². The molecule has 14 heavy (non-hydrogen) atoms. The Morgan fingerprint density at radius 2 is 1.57 bits per heavy atom. The van der Waals surface area contributed by atoms with E-state index in [1.165, 1.54) is 19.3 Å². The summed E-state index contributed by atoms with van der Waals surface area (Å²) in [6.07, 6.45) is 25.5. The van der Waals surface area contributed by atoms with Crippen LogP contribution in [0.15, 0.2) is 42.5 Å². The molecule has 0 N–H and O–H groups in total. The Morgan fingerprint density at radius 1 is 0.786 bits per heavy atom. The summed E-state index contributed by atoms with van der Waals surface area (Å²) in [5, 5.41) is 0. The second-order valence-electron chi connectivity index (χ2n) is 3.45. The summed E-state index contributed by atoms with van der Waals surface area (Å²) in [4.78, 5) is 0. The van der Waals surface area contributed by atoms with Gasteiger partial charge in [-0.3, -0.25) is 0 Å². The van der Waals surface area contributed by atoms with Gasteiger partial charge in [-0.2, -0.15) is 0 Å². The maximum absolute atomic E-state index is 3.26. The minimum Gasteiger partial charge on any atom is -0.0882 e. The molecule has 0 bridgehead atoms. The van der Waals surface area contributed by atoms with E-state index in [1.54, 1.807) is 0 Å². The Balaban J connectivity index is 2.34. The number of rotatable bonds is 0. The summed E-state index contributed by atoms with van der Waals surface area (Å²) in [6.45, 7) is 0. The van der Waals surface area contributed by atoms with Gasteiger partial charge in [0.25, 0.3) is 0 Å². The van der Waals surface area contributed by atoms with Crippen molar-refractivity contribution in [1.29, 1.82) is 0 Å². The van der Waals surface area contributed by atoms with Gasteiger partial charge >= 0.3 is 0 Å². The van der Waals surface area contributed by atoms with Gasteiger partial charge in [-0.25, -0.2) is 0 Å². The van der Waals surface area contributed by atoms with Crippen molar-refractivity contribution in [3.8, 4) is 0 Å². The van der Waals surface area contributed by atoms with Gasteiger partial charge in [0, 0.05) is 0 Å². The number of allylic oxidation sites excluding steroid dienone is 8. The molecular formula is C14H19. The van der Waals surface area contributed by atoms with Crippen LogP contribution in [-0.4, -0.2) is 0 Å². The van der Waals surface area contributed by atoms with Crippen molar-refractivity contribution in [2.24, 2.45) is 0 Å².